The summed E-state index contributed by atoms with van der Waals surface area (Å²) >= 11 is 5.45. The van der Waals surface area contributed by atoms with Crippen LogP contribution in [-0.4, -0.2) is 85.4 Å². The molecule has 0 aromatic rings. The molecule has 7 nitrogen and oxygen atoms in total. The summed E-state index contributed by atoms with van der Waals surface area (Å²) in [7, 11) is 0. The van der Waals surface area contributed by atoms with E-state index < -0.39 is 28.2 Å². The number of alkyl halides is 1. The summed E-state index contributed by atoms with van der Waals surface area (Å²) in [6.45, 7) is 19.4. The largest absolute Gasteiger partial charge is 0.465 e. The Bertz CT molecular complexity index is 950. The number of hydrogen-bond acceptors (Lipinski definition) is 6. The van der Waals surface area contributed by atoms with Gasteiger partial charge in [0.25, 0.3) is 0 Å². The van der Waals surface area contributed by atoms with Gasteiger partial charge in [-0.15, -0.1) is 24.9 Å². The molecular weight excluding hydrogens is 580 g/mol. The first-order valence-electron chi connectivity index (χ1n) is 14.2. The molecule has 0 radical (unpaired) electrons. The third-order valence-corrected chi connectivity index (χ3v) is 11.4. The minimum absolute atomic E-state index is 0.00332. The SMILES string of the molecule is C=CCCOC(=O)[C@H]1[C@H]2C(=O)N(CCCCCO)C(C(=O)N(CC=C)C(C)(C)CC(C)(C)C)C23CC(Br)[C@@H]1S3. The Kier molecular flexibility index (Phi) is 10.5. The molecule has 1 N–H and O–H groups in total. The van der Waals surface area contributed by atoms with E-state index in [0.29, 0.717) is 38.8 Å². The number of fused-ring (bicyclic) bond motifs is 1. The molecule has 3 aliphatic heterocycles. The summed E-state index contributed by atoms with van der Waals surface area (Å²) in [5, 5.41) is 9.15. The molecule has 0 saturated carbocycles. The number of thioether (sulfide) groups is 1. The van der Waals surface area contributed by atoms with Gasteiger partial charge in [-0.3, -0.25) is 14.4 Å². The third-order valence-electron chi connectivity index (χ3n) is 8.19. The fourth-order valence-electron chi connectivity index (χ4n) is 7.13. The highest BCUT2D eigenvalue weighted by atomic mass is 79.9. The second kappa shape index (κ2) is 12.7. The van der Waals surface area contributed by atoms with Crippen LogP contribution in [0, 0.1) is 17.3 Å². The summed E-state index contributed by atoms with van der Waals surface area (Å²) < 4.78 is 4.90. The van der Waals surface area contributed by atoms with Crippen LogP contribution in [-0.2, 0) is 19.1 Å². The first-order chi connectivity index (χ1) is 18.3. The second-order valence-electron chi connectivity index (χ2n) is 13.0. The molecule has 0 aromatic carbocycles. The van der Waals surface area contributed by atoms with E-state index in [9.17, 15) is 19.5 Å². The van der Waals surface area contributed by atoms with E-state index in [0.717, 1.165) is 12.8 Å². The highest BCUT2D eigenvalue weighted by Gasteiger charge is 2.76. The highest BCUT2D eigenvalue weighted by molar-refractivity contribution is 9.09. The van der Waals surface area contributed by atoms with E-state index in [-0.39, 0.29) is 46.5 Å². The maximum absolute atomic E-state index is 14.7. The maximum Gasteiger partial charge on any atom is 0.310 e. The van der Waals surface area contributed by atoms with E-state index in [1.807, 2.05) is 4.90 Å². The molecule has 3 heterocycles. The van der Waals surface area contributed by atoms with Crippen LogP contribution < -0.4 is 0 Å². The van der Waals surface area contributed by atoms with Gasteiger partial charge in [0.2, 0.25) is 11.8 Å². The van der Waals surface area contributed by atoms with Gasteiger partial charge in [0.1, 0.15) is 6.04 Å². The Morgan fingerprint density at radius 3 is 2.49 bits per heavy atom. The van der Waals surface area contributed by atoms with Crippen LogP contribution in [0.2, 0.25) is 0 Å². The van der Waals surface area contributed by atoms with Gasteiger partial charge in [-0.25, -0.2) is 0 Å². The predicted molar refractivity (Wildman–Crippen MR) is 161 cm³/mol. The fraction of sp³-hybridized carbons (Fsp3) is 0.767. The van der Waals surface area contributed by atoms with Gasteiger partial charge in [-0.1, -0.05) is 48.9 Å². The Labute approximate surface area is 247 Å². The third kappa shape index (κ3) is 6.45. The van der Waals surface area contributed by atoms with Gasteiger partial charge in [0, 0.05) is 35.3 Å². The lowest BCUT2D eigenvalue weighted by Gasteiger charge is -2.46. The Morgan fingerprint density at radius 1 is 1.21 bits per heavy atom. The van der Waals surface area contributed by atoms with Crippen molar-refractivity contribution in [3.8, 4) is 0 Å². The van der Waals surface area contributed by atoms with Crippen molar-refractivity contribution in [2.24, 2.45) is 17.3 Å². The van der Waals surface area contributed by atoms with Crippen molar-refractivity contribution >= 4 is 45.5 Å². The lowest BCUT2D eigenvalue weighted by atomic mass is 9.70. The zero-order valence-electron chi connectivity index (χ0n) is 24.3. The van der Waals surface area contributed by atoms with Gasteiger partial charge in [0.15, 0.2) is 0 Å². The Balaban J connectivity index is 2.04. The second-order valence-corrected chi connectivity index (χ2v) is 15.7. The number of esters is 1. The molecule has 39 heavy (non-hydrogen) atoms. The molecule has 3 aliphatic rings. The topological polar surface area (TPSA) is 87.1 Å². The van der Waals surface area contributed by atoms with Gasteiger partial charge < -0.3 is 19.6 Å². The van der Waals surface area contributed by atoms with Crippen LogP contribution in [0.3, 0.4) is 0 Å². The molecule has 2 amide bonds. The first kappa shape index (κ1) is 32.2. The number of carbonyl (C=O) groups is 3. The van der Waals surface area contributed by atoms with Gasteiger partial charge in [-0.05, 0) is 57.8 Å². The zero-order valence-corrected chi connectivity index (χ0v) is 26.7. The molecule has 2 bridgehead atoms. The lowest BCUT2D eigenvalue weighted by Crippen LogP contribution is -2.60. The number of amides is 2. The van der Waals surface area contributed by atoms with Crippen molar-refractivity contribution in [2.45, 2.75) is 99.5 Å². The van der Waals surface area contributed by atoms with Crippen LogP contribution in [0.4, 0.5) is 0 Å². The quantitative estimate of drug-likeness (QED) is 0.127. The molecule has 3 rings (SSSR count). The van der Waals surface area contributed by atoms with Crippen LogP contribution in [0.1, 0.15) is 73.1 Å². The number of aliphatic hydroxyl groups is 1. The lowest BCUT2D eigenvalue weighted by molar-refractivity contribution is -0.154. The van der Waals surface area contributed by atoms with Crippen molar-refractivity contribution in [1.29, 1.82) is 0 Å². The van der Waals surface area contributed by atoms with Crippen LogP contribution in [0.25, 0.3) is 0 Å². The summed E-state index contributed by atoms with van der Waals surface area (Å²) in [6, 6.07) is -0.677. The van der Waals surface area contributed by atoms with E-state index in [2.05, 4.69) is 63.7 Å². The van der Waals surface area contributed by atoms with Crippen molar-refractivity contribution < 1.29 is 24.2 Å². The standard InChI is InChI=1S/C30H47BrN2O5S/c1-8-10-17-38-27(37)21-22-25(35)32(15-12-11-13-16-34)24(30(22)18-20(31)23(21)39-30)26(36)33(14-9-2)29(6,7)19-28(3,4)5/h8-9,20-24,34H,1-2,10-19H2,3-7H3/t20?,21-,22-,23-,24?,30?/m0/s1. The summed E-state index contributed by atoms with van der Waals surface area (Å²) in [5.74, 6) is -1.75. The smallest absolute Gasteiger partial charge is 0.310 e. The average molecular weight is 628 g/mol. The normalized spacial score (nSPS) is 29.9. The Morgan fingerprint density at radius 2 is 1.90 bits per heavy atom. The number of likely N-dealkylation sites (tertiary alicyclic amines) is 1. The van der Waals surface area contributed by atoms with Crippen molar-refractivity contribution in [2.75, 3.05) is 26.3 Å². The fourth-order valence-corrected chi connectivity index (χ4v) is 10.7. The van der Waals surface area contributed by atoms with Crippen molar-refractivity contribution in [3.63, 3.8) is 0 Å². The molecule has 9 heteroatoms. The van der Waals surface area contributed by atoms with Crippen LogP contribution in [0.15, 0.2) is 25.3 Å². The Hall–Kier alpha value is -1.32. The number of halogens is 1. The van der Waals surface area contributed by atoms with Gasteiger partial charge in [0.05, 0.1) is 23.2 Å². The van der Waals surface area contributed by atoms with Crippen LogP contribution in [0.5, 0.6) is 0 Å². The van der Waals surface area contributed by atoms with E-state index in [1.54, 1.807) is 28.8 Å². The molecule has 1 spiro atoms. The molecule has 220 valence electrons. The monoisotopic (exact) mass is 626 g/mol. The minimum atomic E-state index is -0.705. The minimum Gasteiger partial charge on any atom is -0.465 e. The van der Waals surface area contributed by atoms with Crippen molar-refractivity contribution in [3.05, 3.63) is 25.3 Å². The summed E-state index contributed by atoms with van der Waals surface area (Å²) in [6.07, 6.45) is 7.52. The average Bonchev–Trinajstić information content (AvgIpc) is 3.42. The number of aliphatic hydroxyl groups excluding tert-OH is 1. The van der Waals surface area contributed by atoms with Gasteiger partial charge in [-0.2, -0.15) is 0 Å². The number of hydrogen-bond donors (Lipinski definition) is 1. The predicted octanol–water partition coefficient (Wildman–Crippen LogP) is 4.96. The van der Waals surface area contributed by atoms with Gasteiger partial charge >= 0.3 is 5.97 Å². The van der Waals surface area contributed by atoms with Crippen molar-refractivity contribution in [1.82, 2.24) is 9.80 Å². The van der Waals surface area contributed by atoms with E-state index in [4.69, 9.17) is 4.74 Å². The number of nitrogens with zero attached hydrogens (tertiary/aromatic N) is 2. The molecular formula is C30H47BrN2O5S. The van der Waals surface area contributed by atoms with Crippen LogP contribution >= 0.6 is 27.7 Å². The molecule has 0 aromatic heterocycles. The first-order valence-corrected chi connectivity index (χ1v) is 16.0. The maximum atomic E-state index is 14.7. The molecule has 6 atom stereocenters. The summed E-state index contributed by atoms with van der Waals surface area (Å²) in [4.78, 5) is 45.9. The molecule has 3 unspecified atom stereocenters. The molecule has 3 fully saturated rings. The molecule has 0 aliphatic carbocycles. The molecule has 3 saturated heterocycles. The van der Waals surface area contributed by atoms with E-state index in [1.165, 1.54) is 0 Å². The zero-order chi connectivity index (χ0) is 29.2. The number of rotatable bonds is 14. The summed E-state index contributed by atoms with van der Waals surface area (Å²) in [5.41, 5.74) is -0.483. The highest BCUT2D eigenvalue weighted by Crippen LogP contribution is 2.68. The number of unbranched alkanes of at least 4 members (excludes halogenated alkanes) is 2. The van der Waals surface area contributed by atoms with E-state index >= 15 is 0 Å². The number of carbonyl (C=O) groups excluding carboxylic acids is 3. The number of ether oxygens (including phenoxy) is 1.